The highest BCUT2D eigenvalue weighted by Crippen LogP contribution is 2.37. The summed E-state index contributed by atoms with van der Waals surface area (Å²) in [5.74, 6) is -0.209. The number of nitrogens with one attached hydrogen (secondary N) is 1. The molecule has 0 bridgehead atoms. The van der Waals surface area contributed by atoms with Gasteiger partial charge in [0.1, 0.15) is 5.76 Å². The lowest BCUT2D eigenvalue weighted by Gasteiger charge is -2.13. The first-order valence-electron chi connectivity index (χ1n) is 8.25. The number of carbonyl (C=O) groups excluding carboxylic acids is 3. The molecule has 2 heterocycles. The van der Waals surface area contributed by atoms with E-state index in [9.17, 15) is 14.4 Å². The molecular formula is C19H18N2O5S. The molecule has 8 heteroatoms. The largest absolute Gasteiger partial charge is 0.467 e. The topological polar surface area (TPSA) is 99.8 Å². The van der Waals surface area contributed by atoms with Gasteiger partial charge in [0.2, 0.25) is 5.91 Å². The van der Waals surface area contributed by atoms with E-state index in [1.807, 2.05) is 0 Å². The maximum absolute atomic E-state index is 12.9. The molecule has 3 amide bonds. The number of amides is 3. The number of rotatable bonds is 7. The van der Waals surface area contributed by atoms with Crippen LogP contribution in [-0.2, 0) is 20.9 Å². The Morgan fingerprint density at radius 1 is 1.19 bits per heavy atom. The molecule has 0 unspecified atom stereocenters. The number of imide groups is 1. The Balaban J connectivity index is 1.92. The van der Waals surface area contributed by atoms with Crippen LogP contribution in [0.1, 0.15) is 18.2 Å². The molecule has 0 radical (unpaired) electrons. The summed E-state index contributed by atoms with van der Waals surface area (Å²) >= 11 is 1.15. The van der Waals surface area contributed by atoms with E-state index in [1.54, 1.807) is 36.4 Å². The Hall–Kier alpha value is -2.84. The third kappa shape index (κ3) is 4.12. The molecule has 0 spiro atoms. The van der Waals surface area contributed by atoms with Crippen LogP contribution in [0.4, 0.5) is 5.69 Å². The van der Waals surface area contributed by atoms with Gasteiger partial charge in [0, 0.05) is 18.4 Å². The van der Waals surface area contributed by atoms with Gasteiger partial charge in [-0.3, -0.25) is 19.3 Å². The van der Waals surface area contributed by atoms with Crippen molar-refractivity contribution in [2.75, 3.05) is 17.7 Å². The first-order chi connectivity index (χ1) is 13.0. The van der Waals surface area contributed by atoms with Crippen LogP contribution >= 0.6 is 11.8 Å². The number of hydrogen-bond acceptors (Lipinski definition) is 6. The second-order valence-corrected chi connectivity index (χ2v) is 6.92. The number of furan rings is 1. The molecule has 7 nitrogen and oxygen atoms in total. The summed E-state index contributed by atoms with van der Waals surface area (Å²) in [4.78, 5) is 38.3. The maximum atomic E-state index is 12.9. The van der Waals surface area contributed by atoms with Crippen LogP contribution < -0.4 is 5.32 Å². The Labute approximate surface area is 160 Å². The predicted octanol–water partition coefficient (Wildman–Crippen LogP) is 2.24. The zero-order valence-corrected chi connectivity index (χ0v) is 15.4. The van der Waals surface area contributed by atoms with Crippen LogP contribution in [0.15, 0.2) is 52.0 Å². The molecule has 1 aliphatic heterocycles. The van der Waals surface area contributed by atoms with E-state index >= 15 is 0 Å². The number of thioether (sulfide) groups is 1. The smallest absolute Gasteiger partial charge is 0.268 e. The number of anilines is 1. The molecule has 140 valence electrons. The van der Waals surface area contributed by atoms with Crippen LogP contribution in [0, 0.1) is 0 Å². The van der Waals surface area contributed by atoms with Crippen molar-refractivity contribution in [3.05, 3.63) is 58.9 Å². The number of hydrogen-bond donors (Lipinski definition) is 2. The fourth-order valence-corrected chi connectivity index (χ4v) is 3.59. The van der Waals surface area contributed by atoms with Gasteiger partial charge in [-0.1, -0.05) is 12.1 Å². The van der Waals surface area contributed by atoms with Crippen molar-refractivity contribution < 1.29 is 23.9 Å². The van der Waals surface area contributed by atoms with Gasteiger partial charge in [-0.15, -0.1) is 11.8 Å². The number of benzene rings is 1. The lowest BCUT2D eigenvalue weighted by atomic mass is 10.1. The maximum Gasteiger partial charge on any atom is 0.268 e. The normalized spacial score (nSPS) is 14.2. The first-order valence-corrected chi connectivity index (χ1v) is 9.24. The summed E-state index contributed by atoms with van der Waals surface area (Å²) in [7, 11) is 0. The standard InChI is InChI=1S/C19H18N2O5S/c1-12(23)20-14-6-4-13(5-7-14)16-17(27-10-8-22)19(25)21(18(16)24)11-15-3-2-9-26-15/h2-7,9,22H,8,10-11H2,1H3,(H,20,23). The van der Waals surface area contributed by atoms with Gasteiger partial charge in [0.05, 0.1) is 29.9 Å². The monoisotopic (exact) mass is 386 g/mol. The van der Waals surface area contributed by atoms with Crippen molar-refractivity contribution in [3.63, 3.8) is 0 Å². The van der Waals surface area contributed by atoms with E-state index < -0.39 is 11.8 Å². The molecule has 27 heavy (non-hydrogen) atoms. The van der Waals surface area contributed by atoms with Gasteiger partial charge in [0.15, 0.2) is 0 Å². The second-order valence-electron chi connectivity index (χ2n) is 5.81. The first kappa shape index (κ1) is 18.9. The Bertz CT molecular complexity index is 887. The molecule has 1 aliphatic rings. The molecule has 1 aromatic carbocycles. The molecular weight excluding hydrogens is 368 g/mol. The minimum Gasteiger partial charge on any atom is -0.467 e. The van der Waals surface area contributed by atoms with E-state index in [0.717, 1.165) is 16.7 Å². The molecule has 3 rings (SSSR count). The highest BCUT2D eigenvalue weighted by Gasteiger charge is 2.39. The SMILES string of the molecule is CC(=O)Nc1ccc(C2=C(SCCO)C(=O)N(Cc3ccco3)C2=O)cc1. The van der Waals surface area contributed by atoms with E-state index in [0.29, 0.717) is 33.2 Å². The summed E-state index contributed by atoms with van der Waals surface area (Å²) in [6.07, 6.45) is 1.48. The Morgan fingerprint density at radius 2 is 1.93 bits per heavy atom. The van der Waals surface area contributed by atoms with Crippen molar-refractivity contribution >= 4 is 40.7 Å². The van der Waals surface area contributed by atoms with Gasteiger partial charge in [-0.25, -0.2) is 0 Å². The van der Waals surface area contributed by atoms with E-state index in [4.69, 9.17) is 9.52 Å². The summed E-state index contributed by atoms with van der Waals surface area (Å²) in [6.45, 7) is 1.34. The summed E-state index contributed by atoms with van der Waals surface area (Å²) < 4.78 is 5.25. The summed E-state index contributed by atoms with van der Waals surface area (Å²) in [5.41, 5.74) is 1.46. The zero-order chi connectivity index (χ0) is 19.4. The van der Waals surface area contributed by atoms with Crippen molar-refractivity contribution in [2.45, 2.75) is 13.5 Å². The lowest BCUT2D eigenvalue weighted by Crippen LogP contribution is -2.30. The quantitative estimate of drug-likeness (QED) is 0.708. The third-order valence-electron chi connectivity index (χ3n) is 3.85. The number of aliphatic hydroxyl groups is 1. The molecule has 0 saturated carbocycles. The van der Waals surface area contributed by atoms with Gasteiger partial charge in [-0.05, 0) is 29.8 Å². The predicted molar refractivity (Wildman–Crippen MR) is 101 cm³/mol. The number of carbonyl (C=O) groups is 3. The molecule has 2 aromatic rings. The molecule has 2 N–H and O–H groups in total. The third-order valence-corrected chi connectivity index (χ3v) is 4.91. The van der Waals surface area contributed by atoms with Crippen molar-refractivity contribution in [1.29, 1.82) is 0 Å². The molecule has 1 aromatic heterocycles. The van der Waals surface area contributed by atoms with Crippen LogP contribution in [-0.4, -0.2) is 40.1 Å². The van der Waals surface area contributed by atoms with Gasteiger partial charge in [0.25, 0.3) is 11.8 Å². The number of nitrogens with zero attached hydrogens (tertiary/aromatic N) is 1. The van der Waals surface area contributed by atoms with Crippen LogP contribution in [0.2, 0.25) is 0 Å². The lowest BCUT2D eigenvalue weighted by molar-refractivity contribution is -0.137. The van der Waals surface area contributed by atoms with Crippen LogP contribution in [0.25, 0.3) is 5.57 Å². The molecule has 0 atom stereocenters. The fourth-order valence-electron chi connectivity index (χ4n) is 2.72. The van der Waals surface area contributed by atoms with Crippen molar-refractivity contribution in [2.24, 2.45) is 0 Å². The van der Waals surface area contributed by atoms with Crippen LogP contribution in [0.3, 0.4) is 0 Å². The average molecular weight is 386 g/mol. The highest BCUT2D eigenvalue weighted by molar-refractivity contribution is 8.04. The van der Waals surface area contributed by atoms with Crippen LogP contribution in [0.5, 0.6) is 0 Å². The van der Waals surface area contributed by atoms with Crippen molar-refractivity contribution in [3.8, 4) is 0 Å². The highest BCUT2D eigenvalue weighted by atomic mass is 32.2. The Morgan fingerprint density at radius 3 is 2.52 bits per heavy atom. The number of aliphatic hydroxyl groups excluding tert-OH is 1. The van der Waals surface area contributed by atoms with E-state index in [2.05, 4.69) is 5.32 Å². The fraction of sp³-hybridized carbons (Fsp3) is 0.211. The molecule has 0 fully saturated rings. The summed E-state index contributed by atoms with van der Waals surface area (Å²) in [6, 6.07) is 10.1. The molecule has 0 aliphatic carbocycles. The average Bonchev–Trinajstić information content (AvgIpc) is 3.23. The second kappa shape index (κ2) is 8.24. The van der Waals surface area contributed by atoms with E-state index in [1.165, 1.54) is 13.2 Å². The summed E-state index contributed by atoms with van der Waals surface area (Å²) in [5, 5.41) is 11.8. The minimum absolute atomic E-state index is 0.0430. The van der Waals surface area contributed by atoms with Crippen molar-refractivity contribution in [1.82, 2.24) is 4.90 Å². The van der Waals surface area contributed by atoms with Gasteiger partial charge >= 0.3 is 0 Å². The van der Waals surface area contributed by atoms with E-state index in [-0.39, 0.29) is 19.1 Å². The minimum atomic E-state index is -0.413. The Kier molecular flexibility index (Phi) is 5.78. The zero-order valence-electron chi connectivity index (χ0n) is 14.6. The van der Waals surface area contributed by atoms with Gasteiger partial charge < -0.3 is 14.8 Å². The van der Waals surface area contributed by atoms with Gasteiger partial charge in [-0.2, -0.15) is 0 Å². The molecule has 0 saturated heterocycles.